The van der Waals surface area contributed by atoms with Crippen molar-refractivity contribution in [3.8, 4) is 5.75 Å². The first-order chi connectivity index (χ1) is 14.5. The second-order valence-corrected chi connectivity index (χ2v) is 7.53. The third-order valence-corrected chi connectivity index (χ3v) is 5.32. The van der Waals surface area contributed by atoms with Gasteiger partial charge in [-0.15, -0.1) is 0 Å². The molecule has 0 bridgehead atoms. The lowest BCUT2D eigenvalue weighted by molar-refractivity contribution is 0.0993. The van der Waals surface area contributed by atoms with Gasteiger partial charge in [0, 0.05) is 11.3 Å². The molecule has 0 atom stereocenters. The van der Waals surface area contributed by atoms with Gasteiger partial charge >= 0.3 is 0 Å². The number of hydrogen-bond acceptors (Lipinski definition) is 6. The molecule has 0 unspecified atom stereocenters. The Hall–Kier alpha value is -3.65. The quantitative estimate of drug-likeness (QED) is 0.452. The number of carbonyl (C=O) groups excluding carboxylic acids is 2. The van der Waals surface area contributed by atoms with Crippen molar-refractivity contribution in [3.05, 3.63) is 71.7 Å². The zero-order chi connectivity index (χ0) is 21.1. The molecule has 0 saturated heterocycles. The summed E-state index contributed by atoms with van der Waals surface area (Å²) in [7, 11) is 0. The zero-order valence-corrected chi connectivity index (χ0v) is 17.2. The van der Waals surface area contributed by atoms with Gasteiger partial charge in [-0.2, -0.15) is 0 Å². The van der Waals surface area contributed by atoms with Crippen LogP contribution in [0.15, 0.2) is 59.2 Å². The maximum Gasteiger partial charge on any atom is 0.291 e. The Labute approximate surface area is 176 Å². The van der Waals surface area contributed by atoms with Crippen molar-refractivity contribution in [1.82, 2.24) is 4.98 Å². The summed E-state index contributed by atoms with van der Waals surface area (Å²) in [4.78, 5) is 29.4. The SMILES string of the molecule is CCOc1ccc2nc(NC(=O)c3ccc(C)c(NC(=O)c4ccco4)c3)sc2c1. The van der Waals surface area contributed by atoms with Crippen LogP contribution < -0.4 is 15.4 Å². The largest absolute Gasteiger partial charge is 0.494 e. The minimum absolute atomic E-state index is 0.199. The number of hydrogen-bond donors (Lipinski definition) is 2. The highest BCUT2D eigenvalue weighted by Crippen LogP contribution is 2.30. The average molecular weight is 421 g/mol. The van der Waals surface area contributed by atoms with E-state index in [1.807, 2.05) is 32.0 Å². The van der Waals surface area contributed by atoms with Gasteiger partial charge in [0.15, 0.2) is 10.9 Å². The molecule has 8 heteroatoms. The number of furan rings is 1. The fraction of sp³-hybridized carbons (Fsp3) is 0.136. The van der Waals surface area contributed by atoms with Crippen LogP contribution in [0, 0.1) is 6.92 Å². The van der Waals surface area contributed by atoms with E-state index in [-0.39, 0.29) is 17.6 Å². The number of aryl methyl sites for hydroxylation is 1. The predicted octanol–water partition coefficient (Wildman–Crippen LogP) is 5.10. The Morgan fingerprint density at radius 2 is 1.97 bits per heavy atom. The Balaban J connectivity index is 1.52. The van der Waals surface area contributed by atoms with E-state index in [1.165, 1.54) is 17.6 Å². The van der Waals surface area contributed by atoms with Crippen molar-refractivity contribution in [2.24, 2.45) is 0 Å². The van der Waals surface area contributed by atoms with Gasteiger partial charge in [-0.25, -0.2) is 4.98 Å². The molecule has 2 heterocycles. The Kier molecular flexibility index (Phi) is 5.49. The maximum absolute atomic E-state index is 12.7. The summed E-state index contributed by atoms with van der Waals surface area (Å²) in [5.41, 5.74) is 2.56. The molecular formula is C22H19N3O4S. The molecule has 2 aromatic carbocycles. The smallest absolute Gasteiger partial charge is 0.291 e. The van der Waals surface area contributed by atoms with Gasteiger partial charge in [0.25, 0.3) is 11.8 Å². The summed E-state index contributed by atoms with van der Waals surface area (Å²) in [6, 6.07) is 13.9. The molecule has 0 aliphatic carbocycles. The van der Waals surface area contributed by atoms with Crippen LogP contribution in [0.5, 0.6) is 5.75 Å². The summed E-state index contributed by atoms with van der Waals surface area (Å²) < 4.78 is 11.5. The van der Waals surface area contributed by atoms with Gasteiger partial charge in [-0.3, -0.25) is 14.9 Å². The molecule has 0 aliphatic heterocycles. The summed E-state index contributed by atoms with van der Waals surface area (Å²) in [5, 5.41) is 6.09. The first-order valence-corrected chi connectivity index (χ1v) is 10.2. The normalized spacial score (nSPS) is 10.7. The summed E-state index contributed by atoms with van der Waals surface area (Å²) >= 11 is 1.37. The summed E-state index contributed by atoms with van der Waals surface area (Å²) in [5.74, 6) is 0.275. The monoisotopic (exact) mass is 421 g/mol. The number of nitrogens with one attached hydrogen (secondary N) is 2. The summed E-state index contributed by atoms with van der Waals surface area (Å²) in [6.45, 7) is 4.36. The van der Waals surface area contributed by atoms with E-state index in [2.05, 4.69) is 15.6 Å². The third-order valence-electron chi connectivity index (χ3n) is 4.38. The molecule has 2 aromatic heterocycles. The number of rotatable bonds is 6. The van der Waals surface area contributed by atoms with Crippen molar-refractivity contribution in [1.29, 1.82) is 0 Å². The van der Waals surface area contributed by atoms with E-state index in [1.54, 1.807) is 30.3 Å². The molecule has 4 aromatic rings. The topological polar surface area (TPSA) is 93.5 Å². The molecule has 2 N–H and O–H groups in total. The van der Waals surface area contributed by atoms with Crippen molar-refractivity contribution in [2.45, 2.75) is 13.8 Å². The van der Waals surface area contributed by atoms with Crippen LogP contribution in [0.25, 0.3) is 10.2 Å². The molecule has 0 radical (unpaired) electrons. The number of anilines is 2. The minimum Gasteiger partial charge on any atom is -0.494 e. The molecule has 152 valence electrons. The number of aromatic nitrogens is 1. The molecule has 4 rings (SSSR count). The zero-order valence-electron chi connectivity index (χ0n) is 16.4. The molecule has 2 amide bonds. The van der Waals surface area contributed by atoms with Crippen LogP contribution >= 0.6 is 11.3 Å². The van der Waals surface area contributed by atoms with E-state index in [4.69, 9.17) is 9.15 Å². The molecule has 0 saturated carbocycles. The average Bonchev–Trinajstić information content (AvgIpc) is 3.39. The highest BCUT2D eigenvalue weighted by molar-refractivity contribution is 7.22. The molecule has 0 spiro atoms. The molecule has 30 heavy (non-hydrogen) atoms. The van der Waals surface area contributed by atoms with E-state index in [0.29, 0.717) is 23.0 Å². The number of thiazole rings is 1. The number of carbonyl (C=O) groups is 2. The van der Waals surface area contributed by atoms with Crippen LogP contribution in [-0.4, -0.2) is 23.4 Å². The Morgan fingerprint density at radius 1 is 1.10 bits per heavy atom. The van der Waals surface area contributed by atoms with E-state index >= 15 is 0 Å². The van der Waals surface area contributed by atoms with Crippen molar-refractivity contribution >= 4 is 44.2 Å². The van der Waals surface area contributed by atoms with Gasteiger partial charge in [0.05, 0.1) is 23.1 Å². The second kappa shape index (κ2) is 8.38. The van der Waals surface area contributed by atoms with Crippen molar-refractivity contribution in [3.63, 3.8) is 0 Å². The number of nitrogens with zero attached hydrogens (tertiary/aromatic N) is 1. The van der Waals surface area contributed by atoms with Crippen LogP contribution in [-0.2, 0) is 0 Å². The predicted molar refractivity (Wildman–Crippen MR) is 117 cm³/mol. The highest BCUT2D eigenvalue weighted by atomic mass is 32.1. The van der Waals surface area contributed by atoms with Crippen LogP contribution in [0.2, 0.25) is 0 Å². The number of fused-ring (bicyclic) bond motifs is 1. The van der Waals surface area contributed by atoms with Crippen molar-refractivity contribution in [2.75, 3.05) is 17.2 Å². The van der Waals surface area contributed by atoms with Crippen LogP contribution in [0.3, 0.4) is 0 Å². The molecule has 0 fully saturated rings. The fourth-order valence-corrected chi connectivity index (χ4v) is 3.76. The Morgan fingerprint density at radius 3 is 2.73 bits per heavy atom. The minimum atomic E-state index is -0.378. The van der Waals surface area contributed by atoms with Crippen LogP contribution in [0.1, 0.15) is 33.4 Å². The van der Waals surface area contributed by atoms with E-state index < -0.39 is 0 Å². The van der Waals surface area contributed by atoms with Gasteiger partial charge in [0.1, 0.15) is 5.75 Å². The van der Waals surface area contributed by atoms with Crippen molar-refractivity contribution < 1.29 is 18.7 Å². The number of amides is 2. The van der Waals surface area contributed by atoms with E-state index in [9.17, 15) is 9.59 Å². The number of benzene rings is 2. The lowest BCUT2D eigenvalue weighted by Gasteiger charge is -2.09. The molecule has 0 aliphatic rings. The third kappa shape index (κ3) is 4.18. The fourth-order valence-electron chi connectivity index (χ4n) is 2.87. The summed E-state index contributed by atoms with van der Waals surface area (Å²) in [6.07, 6.45) is 1.43. The van der Waals surface area contributed by atoms with Gasteiger partial charge in [-0.1, -0.05) is 17.4 Å². The lowest BCUT2D eigenvalue weighted by Crippen LogP contribution is -2.15. The Bertz CT molecular complexity index is 1210. The van der Waals surface area contributed by atoms with Gasteiger partial charge in [-0.05, 0) is 61.9 Å². The van der Waals surface area contributed by atoms with Crippen LogP contribution in [0.4, 0.5) is 10.8 Å². The first-order valence-electron chi connectivity index (χ1n) is 9.33. The number of ether oxygens (including phenoxy) is 1. The first kappa shape index (κ1) is 19.7. The standard InChI is InChI=1S/C22H19N3O4S/c1-3-28-15-8-9-16-19(12-15)30-22(24-16)25-20(26)14-7-6-13(2)17(11-14)23-21(27)18-5-4-10-29-18/h4-12H,3H2,1-2H3,(H,23,27)(H,24,25,26). The molecule has 7 nitrogen and oxygen atoms in total. The highest BCUT2D eigenvalue weighted by Gasteiger charge is 2.15. The van der Waals surface area contributed by atoms with E-state index in [0.717, 1.165) is 21.5 Å². The molecular weight excluding hydrogens is 402 g/mol. The van der Waals surface area contributed by atoms with Gasteiger partial charge < -0.3 is 14.5 Å². The lowest BCUT2D eigenvalue weighted by atomic mass is 10.1. The maximum atomic E-state index is 12.7. The van der Waals surface area contributed by atoms with Gasteiger partial charge in [0.2, 0.25) is 0 Å². The second-order valence-electron chi connectivity index (χ2n) is 6.50.